The van der Waals surface area contributed by atoms with Crippen LogP contribution in [0, 0.1) is 0 Å². The highest BCUT2D eigenvalue weighted by molar-refractivity contribution is 5.96. The third-order valence-corrected chi connectivity index (χ3v) is 4.35. The molecule has 0 radical (unpaired) electrons. The second kappa shape index (κ2) is 6.58. The smallest absolute Gasteiger partial charge is 0.275 e. The summed E-state index contributed by atoms with van der Waals surface area (Å²) in [6, 6.07) is 6.43. The van der Waals surface area contributed by atoms with E-state index in [0.29, 0.717) is 36.0 Å². The molecule has 1 saturated heterocycles. The zero-order chi connectivity index (χ0) is 18.1. The van der Waals surface area contributed by atoms with Crippen LogP contribution >= 0.6 is 0 Å². The zero-order valence-electron chi connectivity index (χ0n) is 14.2. The minimum absolute atomic E-state index is 0.161. The van der Waals surface area contributed by atoms with Crippen LogP contribution in [-0.2, 0) is 11.4 Å². The average molecular weight is 358 g/mol. The highest BCUT2D eigenvalue weighted by atomic mass is 16.7. The molecule has 4 rings (SSSR count). The normalized spacial score (nSPS) is 18.6. The fourth-order valence-corrected chi connectivity index (χ4v) is 2.88. The molecule has 2 amide bonds. The predicted octanol–water partition coefficient (Wildman–Crippen LogP) is 0.678. The van der Waals surface area contributed by atoms with Crippen molar-refractivity contribution in [2.24, 2.45) is 0 Å². The first-order valence-corrected chi connectivity index (χ1v) is 8.27. The van der Waals surface area contributed by atoms with Crippen LogP contribution in [0.2, 0.25) is 0 Å². The molecule has 1 aromatic heterocycles. The summed E-state index contributed by atoms with van der Waals surface area (Å²) in [5.41, 5.74) is 0.913. The lowest BCUT2D eigenvalue weighted by Gasteiger charge is -2.32. The van der Waals surface area contributed by atoms with Gasteiger partial charge in [0.2, 0.25) is 12.7 Å². The summed E-state index contributed by atoms with van der Waals surface area (Å²) in [7, 11) is 0. The number of amides is 2. The second-order valence-corrected chi connectivity index (χ2v) is 6.05. The third kappa shape index (κ3) is 3.03. The molecule has 0 bridgehead atoms. The molecule has 2 aliphatic heterocycles. The molecule has 0 aliphatic carbocycles. The molecule has 1 atom stereocenters. The number of carbonyl (C=O) groups is 2. The Balaban J connectivity index is 1.40. The minimum Gasteiger partial charge on any atom is -0.487 e. The topological polar surface area (TPSA) is 106 Å². The van der Waals surface area contributed by atoms with Gasteiger partial charge in [-0.25, -0.2) is 0 Å². The van der Waals surface area contributed by atoms with Crippen molar-refractivity contribution in [1.82, 2.24) is 20.4 Å². The van der Waals surface area contributed by atoms with Crippen LogP contribution in [0.3, 0.4) is 0 Å². The van der Waals surface area contributed by atoms with Gasteiger partial charge in [0.15, 0.2) is 17.2 Å². The Morgan fingerprint density at radius 2 is 2.19 bits per heavy atom. The molecule has 9 nitrogen and oxygen atoms in total. The number of ether oxygens (including phenoxy) is 3. The predicted molar refractivity (Wildman–Crippen MR) is 89.0 cm³/mol. The Morgan fingerprint density at radius 3 is 3.08 bits per heavy atom. The summed E-state index contributed by atoms with van der Waals surface area (Å²) < 4.78 is 16.3. The summed E-state index contributed by atoms with van der Waals surface area (Å²) in [4.78, 5) is 25.8. The molecule has 0 spiro atoms. The number of carbonyl (C=O) groups excluding carboxylic acids is 2. The number of hydrogen-bond donors (Lipinski definition) is 2. The van der Waals surface area contributed by atoms with E-state index < -0.39 is 6.04 Å². The van der Waals surface area contributed by atoms with Crippen LogP contribution in [0.4, 0.5) is 0 Å². The molecule has 2 aliphatic rings. The molecule has 2 aromatic rings. The van der Waals surface area contributed by atoms with Crippen molar-refractivity contribution in [3.05, 3.63) is 35.7 Å². The number of aromatic nitrogens is 2. The Labute approximate surface area is 149 Å². The van der Waals surface area contributed by atoms with Crippen molar-refractivity contribution in [3.8, 4) is 17.2 Å². The molecule has 136 valence electrons. The molecule has 0 unspecified atom stereocenters. The van der Waals surface area contributed by atoms with Crippen molar-refractivity contribution >= 4 is 11.8 Å². The monoisotopic (exact) mass is 358 g/mol. The molecule has 9 heteroatoms. The van der Waals surface area contributed by atoms with Gasteiger partial charge in [0, 0.05) is 19.2 Å². The highest BCUT2D eigenvalue weighted by Crippen LogP contribution is 2.35. The van der Waals surface area contributed by atoms with Crippen LogP contribution < -0.4 is 19.5 Å². The molecular weight excluding hydrogens is 340 g/mol. The van der Waals surface area contributed by atoms with Gasteiger partial charge in [-0.2, -0.15) is 5.10 Å². The fraction of sp³-hybridized carbons (Fsp3) is 0.353. The van der Waals surface area contributed by atoms with Gasteiger partial charge in [-0.05, 0) is 25.1 Å². The summed E-state index contributed by atoms with van der Waals surface area (Å²) in [5, 5.41) is 9.57. The maximum atomic E-state index is 12.6. The van der Waals surface area contributed by atoms with E-state index in [1.807, 2.05) is 0 Å². The summed E-state index contributed by atoms with van der Waals surface area (Å²) in [5.74, 6) is 1.51. The number of hydrogen-bond acceptors (Lipinski definition) is 6. The fourth-order valence-electron chi connectivity index (χ4n) is 2.88. The van der Waals surface area contributed by atoms with E-state index in [4.69, 9.17) is 14.2 Å². The van der Waals surface area contributed by atoms with Gasteiger partial charge in [0.25, 0.3) is 5.91 Å². The number of fused-ring (bicyclic) bond motifs is 1. The van der Waals surface area contributed by atoms with E-state index in [0.717, 1.165) is 0 Å². The van der Waals surface area contributed by atoms with E-state index in [-0.39, 0.29) is 30.9 Å². The quantitative estimate of drug-likeness (QED) is 0.833. The number of nitrogens with zero attached hydrogens (tertiary/aromatic N) is 2. The van der Waals surface area contributed by atoms with Gasteiger partial charge in [0.05, 0.1) is 5.69 Å². The number of aromatic amines is 1. The molecule has 3 heterocycles. The summed E-state index contributed by atoms with van der Waals surface area (Å²) in [6.45, 7) is 3.03. The first-order chi connectivity index (χ1) is 12.6. The number of rotatable bonds is 4. The lowest BCUT2D eigenvalue weighted by Crippen LogP contribution is -2.55. The summed E-state index contributed by atoms with van der Waals surface area (Å²) >= 11 is 0. The Bertz CT molecular complexity index is 849. The number of H-pyrrole nitrogens is 1. The zero-order valence-corrected chi connectivity index (χ0v) is 14.2. The Hall–Kier alpha value is -3.23. The number of benzene rings is 1. The minimum atomic E-state index is -0.513. The van der Waals surface area contributed by atoms with E-state index in [9.17, 15) is 9.59 Å². The lowest BCUT2D eigenvalue weighted by atomic mass is 10.2. The average Bonchev–Trinajstić information content (AvgIpc) is 3.30. The molecule has 1 aromatic carbocycles. The largest absolute Gasteiger partial charge is 0.487 e. The summed E-state index contributed by atoms with van der Waals surface area (Å²) in [6.07, 6.45) is 0. The first kappa shape index (κ1) is 16.2. The van der Waals surface area contributed by atoms with Crippen molar-refractivity contribution in [2.45, 2.75) is 19.6 Å². The SMILES string of the molecule is C[C@@H]1C(=O)NCCN1C(=O)c1cc(COc2ccc3c(c2)OCO3)[nH]n1. The van der Waals surface area contributed by atoms with E-state index >= 15 is 0 Å². The highest BCUT2D eigenvalue weighted by Gasteiger charge is 2.31. The van der Waals surface area contributed by atoms with Crippen LogP contribution in [0.1, 0.15) is 23.1 Å². The van der Waals surface area contributed by atoms with E-state index in [2.05, 4.69) is 15.5 Å². The maximum absolute atomic E-state index is 12.6. The number of nitrogens with one attached hydrogen (secondary N) is 2. The number of piperazine rings is 1. The van der Waals surface area contributed by atoms with Crippen molar-refractivity contribution in [3.63, 3.8) is 0 Å². The molecular formula is C17H18N4O5. The standard InChI is InChI=1S/C17H18N4O5/c1-10-16(22)18-4-5-21(10)17(23)13-6-11(19-20-13)8-24-12-2-3-14-15(7-12)26-9-25-14/h2-3,6-7,10H,4-5,8-9H2,1H3,(H,18,22)(H,19,20)/t10-/m1/s1. The third-order valence-electron chi connectivity index (χ3n) is 4.35. The van der Waals surface area contributed by atoms with E-state index in [1.165, 1.54) is 4.90 Å². The van der Waals surface area contributed by atoms with Crippen molar-refractivity contribution < 1.29 is 23.8 Å². The Morgan fingerprint density at radius 1 is 1.35 bits per heavy atom. The van der Waals surface area contributed by atoms with Crippen LogP contribution in [0.5, 0.6) is 17.2 Å². The first-order valence-electron chi connectivity index (χ1n) is 8.27. The van der Waals surface area contributed by atoms with Gasteiger partial charge < -0.3 is 24.4 Å². The van der Waals surface area contributed by atoms with Gasteiger partial charge in [0.1, 0.15) is 18.4 Å². The van der Waals surface area contributed by atoms with Gasteiger partial charge >= 0.3 is 0 Å². The van der Waals surface area contributed by atoms with E-state index in [1.54, 1.807) is 31.2 Å². The van der Waals surface area contributed by atoms with Crippen molar-refractivity contribution in [1.29, 1.82) is 0 Å². The molecule has 1 fully saturated rings. The maximum Gasteiger partial charge on any atom is 0.275 e. The van der Waals surface area contributed by atoms with Gasteiger partial charge in [-0.3, -0.25) is 14.7 Å². The molecule has 2 N–H and O–H groups in total. The Kier molecular flexibility index (Phi) is 4.11. The van der Waals surface area contributed by atoms with Gasteiger partial charge in [-0.15, -0.1) is 0 Å². The molecule has 26 heavy (non-hydrogen) atoms. The van der Waals surface area contributed by atoms with Crippen LogP contribution in [0.25, 0.3) is 0 Å². The van der Waals surface area contributed by atoms with Crippen molar-refractivity contribution in [2.75, 3.05) is 19.9 Å². The van der Waals surface area contributed by atoms with Crippen LogP contribution in [0.15, 0.2) is 24.3 Å². The van der Waals surface area contributed by atoms with Gasteiger partial charge in [-0.1, -0.05) is 0 Å². The molecule has 0 saturated carbocycles. The second-order valence-electron chi connectivity index (χ2n) is 6.05. The lowest BCUT2D eigenvalue weighted by molar-refractivity contribution is -0.127. The van der Waals surface area contributed by atoms with Crippen LogP contribution in [-0.4, -0.2) is 52.8 Å².